The van der Waals surface area contributed by atoms with E-state index in [4.69, 9.17) is 0 Å². The fourth-order valence-electron chi connectivity index (χ4n) is 6.50. The number of Topliss-reactive ketones (excluding diaryl/α,β-unsaturated/α-hetero) is 1. The van der Waals surface area contributed by atoms with Gasteiger partial charge in [0.25, 0.3) is 11.8 Å². The summed E-state index contributed by atoms with van der Waals surface area (Å²) in [7, 11) is 0. The fraction of sp³-hybridized carbons (Fsp3) is 0.0816. The Morgan fingerprint density at radius 3 is 1.21 bits per heavy atom. The van der Waals surface area contributed by atoms with E-state index >= 15 is 0 Å². The predicted molar refractivity (Wildman–Crippen MR) is 234 cm³/mol. The van der Waals surface area contributed by atoms with E-state index in [9.17, 15) is 40.7 Å². The molecule has 0 bridgehead atoms. The second-order valence-corrected chi connectivity index (χ2v) is 14.4. The number of ketones is 1. The van der Waals surface area contributed by atoms with Crippen LogP contribution in [0.4, 0.5) is 71.8 Å². The first-order valence-corrected chi connectivity index (χ1v) is 19.4. The molecule has 318 valence electrons. The molecule has 0 aliphatic heterocycles. The molecule has 5 N–H and O–H groups in total. The molecule has 0 spiro atoms. The molecule has 0 unspecified atom stereocenters. The third-order valence-electron chi connectivity index (χ3n) is 9.81. The number of halogens is 6. The van der Waals surface area contributed by atoms with Crippen LogP contribution in [0, 0.1) is 6.92 Å². The maximum absolute atomic E-state index is 14.2. The zero-order chi connectivity index (χ0) is 44.7. The number of alkyl halides is 6. The van der Waals surface area contributed by atoms with Gasteiger partial charge in [0.2, 0.25) is 0 Å². The van der Waals surface area contributed by atoms with Gasteiger partial charge in [-0.3, -0.25) is 14.4 Å². The Morgan fingerprint density at radius 2 is 0.778 bits per heavy atom. The van der Waals surface area contributed by atoms with Crippen LogP contribution in [-0.2, 0) is 18.8 Å². The Labute approximate surface area is 358 Å². The smallest absolute Gasteiger partial charge is 0.355 e. The molecule has 8 nitrogen and oxygen atoms in total. The lowest BCUT2D eigenvalue weighted by Gasteiger charge is -2.16. The average Bonchev–Trinajstić information content (AvgIpc) is 3.26. The molecule has 0 fully saturated rings. The molecule has 0 saturated heterocycles. The van der Waals surface area contributed by atoms with Gasteiger partial charge < -0.3 is 26.6 Å². The van der Waals surface area contributed by atoms with Crippen molar-refractivity contribution in [3.63, 3.8) is 0 Å². The van der Waals surface area contributed by atoms with E-state index in [1.54, 1.807) is 60.7 Å². The molecule has 0 atom stereocenters. The molecule has 0 saturated carbocycles. The third kappa shape index (κ3) is 11.1. The molecule has 0 aromatic heterocycles. The molecule has 7 aromatic carbocycles. The number of aryl methyl sites for hydroxylation is 1. The number of hydrogen-bond acceptors (Lipinski definition) is 6. The van der Waals surface area contributed by atoms with Crippen molar-refractivity contribution in [2.45, 2.75) is 25.7 Å². The molecule has 2 amide bonds. The minimum Gasteiger partial charge on any atom is -0.355 e. The molecule has 63 heavy (non-hydrogen) atoms. The molecule has 7 aromatic rings. The van der Waals surface area contributed by atoms with Gasteiger partial charge in [-0.05, 0) is 122 Å². The Kier molecular flexibility index (Phi) is 12.6. The minimum absolute atomic E-state index is 0.0465. The van der Waals surface area contributed by atoms with Gasteiger partial charge in [-0.15, -0.1) is 0 Å². The van der Waals surface area contributed by atoms with Gasteiger partial charge in [0.05, 0.1) is 33.9 Å². The first-order chi connectivity index (χ1) is 30.1. The van der Waals surface area contributed by atoms with E-state index in [0.29, 0.717) is 34.0 Å². The number of carbonyl (C=O) groups excluding carboxylic acids is 3. The lowest BCUT2D eigenvalue weighted by molar-refractivity contribution is -0.138. The summed E-state index contributed by atoms with van der Waals surface area (Å²) in [6.07, 6.45) is -9.15. The van der Waals surface area contributed by atoms with Crippen LogP contribution in [-0.4, -0.2) is 17.6 Å². The quantitative estimate of drug-likeness (QED) is 0.0583. The number of benzene rings is 7. The number of para-hydroxylation sites is 5. The van der Waals surface area contributed by atoms with Crippen molar-refractivity contribution >= 4 is 63.1 Å². The molecule has 0 aliphatic rings. The van der Waals surface area contributed by atoms with Gasteiger partial charge in [0.15, 0.2) is 5.78 Å². The zero-order valence-electron chi connectivity index (χ0n) is 33.3. The summed E-state index contributed by atoms with van der Waals surface area (Å²) < 4.78 is 79.1. The first-order valence-electron chi connectivity index (χ1n) is 19.4. The summed E-state index contributed by atoms with van der Waals surface area (Å²) in [5, 5.41) is 15.0. The SMILES string of the molecule is Cc1ccc(Nc2ccccc2CC(=O)c2cc(C(=O)Nc3ccccc3Nc3ccc(C(F)(F)F)cc3)cc(C(=O)Nc3ccccc3Nc3ccc(C(F)(F)F)cc3)c2)cc1. The van der Waals surface area contributed by atoms with Crippen LogP contribution in [0.3, 0.4) is 0 Å². The van der Waals surface area contributed by atoms with Crippen LogP contribution in [0.25, 0.3) is 0 Å². The maximum Gasteiger partial charge on any atom is 0.416 e. The normalized spacial score (nSPS) is 11.3. The number of amides is 2. The van der Waals surface area contributed by atoms with Crippen molar-refractivity contribution in [1.29, 1.82) is 0 Å². The van der Waals surface area contributed by atoms with E-state index in [-0.39, 0.29) is 34.5 Å². The molecule has 14 heteroatoms. The van der Waals surface area contributed by atoms with Crippen LogP contribution in [0.15, 0.2) is 164 Å². The summed E-state index contributed by atoms with van der Waals surface area (Å²) in [5.74, 6) is -1.82. The highest BCUT2D eigenvalue weighted by Crippen LogP contribution is 2.34. The van der Waals surface area contributed by atoms with Crippen molar-refractivity contribution in [1.82, 2.24) is 0 Å². The number of anilines is 8. The molecule has 0 aliphatic carbocycles. The van der Waals surface area contributed by atoms with Crippen LogP contribution in [0.2, 0.25) is 0 Å². The lowest BCUT2D eigenvalue weighted by Crippen LogP contribution is -2.18. The molecule has 7 rings (SSSR count). The highest BCUT2D eigenvalue weighted by atomic mass is 19.4. The minimum atomic E-state index is -4.52. The first kappa shape index (κ1) is 43.2. The van der Waals surface area contributed by atoms with Gasteiger partial charge >= 0.3 is 12.4 Å². The van der Waals surface area contributed by atoms with E-state index in [0.717, 1.165) is 35.5 Å². The van der Waals surface area contributed by atoms with E-state index in [2.05, 4.69) is 26.6 Å². The predicted octanol–water partition coefficient (Wildman–Crippen LogP) is 13.2. The van der Waals surface area contributed by atoms with Crippen LogP contribution < -0.4 is 26.6 Å². The van der Waals surface area contributed by atoms with Crippen LogP contribution in [0.5, 0.6) is 0 Å². The van der Waals surface area contributed by atoms with Gasteiger partial charge in [0, 0.05) is 45.9 Å². The zero-order valence-corrected chi connectivity index (χ0v) is 33.3. The van der Waals surface area contributed by atoms with Gasteiger partial charge in [0.1, 0.15) is 0 Å². The van der Waals surface area contributed by atoms with Gasteiger partial charge in [-0.2, -0.15) is 26.3 Å². The van der Waals surface area contributed by atoms with Crippen molar-refractivity contribution in [2.24, 2.45) is 0 Å². The third-order valence-corrected chi connectivity index (χ3v) is 9.81. The fourth-order valence-corrected chi connectivity index (χ4v) is 6.50. The van der Waals surface area contributed by atoms with Crippen LogP contribution in [0.1, 0.15) is 53.3 Å². The Morgan fingerprint density at radius 1 is 0.429 bits per heavy atom. The highest BCUT2D eigenvalue weighted by molar-refractivity contribution is 6.13. The second-order valence-electron chi connectivity index (χ2n) is 14.4. The lowest BCUT2D eigenvalue weighted by atomic mass is 9.97. The maximum atomic E-state index is 14.2. The Hall–Kier alpha value is -7.87. The van der Waals surface area contributed by atoms with E-state index in [1.165, 1.54) is 42.5 Å². The molecular weight excluding hydrogens is 821 g/mol. The number of nitrogens with one attached hydrogen (secondary N) is 5. The Bertz CT molecular complexity index is 2640. The summed E-state index contributed by atoms with van der Waals surface area (Å²) in [6, 6.07) is 40.8. The summed E-state index contributed by atoms with van der Waals surface area (Å²) >= 11 is 0. The van der Waals surface area contributed by atoms with Gasteiger partial charge in [-0.25, -0.2) is 0 Å². The molecule has 0 radical (unpaired) electrons. The summed E-state index contributed by atoms with van der Waals surface area (Å²) in [6.45, 7) is 1.97. The topological polar surface area (TPSA) is 111 Å². The van der Waals surface area contributed by atoms with Crippen molar-refractivity contribution < 1.29 is 40.7 Å². The number of rotatable bonds is 13. The highest BCUT2D eigenvalue weighted by Gasteiger charge is 2.31. The Balaban J connectivity index is 1.18. The van der Waals surface area contributed by atoms with Crippen molar-refractivity contribution in [2.75, 3.05) is 26.6 Å². The standard InChI is InChI=1S/C49H37F6N5O3/c1-30-14-20-37(21-15-30)56-40-9-3-2-8-31(40)29-45(61)32-26-33(46(62)59-43-12-6-4-10-41(43)57-38-22-16-35(17-23-38)48(50,51)52)28-34(27-32)47(63)60-44-13-7-5-11-42(44)58-39-24-18-36(19-25-39)49(53,54)55/h2-28,56-58H,29H2,1H3,(H,59,62)(H,60,63). The van der Waals surface area contributed by atoms with Crippen LogP contribution >= 0.6 is 0 Å². The van der Waals surface area contributed by atoms with E-state index < -0.39 is 41.1 Å². The number of carbonyl (C=O) groups is 3. The second kappa shape index (κ2) is 18.4. The summed E-state index contributed by atoms with van der Waals surface area (Å²) in [4.78, 5) is 42.3. The molecular formula is C49H37F6N5O3. The summed E-state index contributed by atoms with van der Waals surface area (Å²) in [5.41, 5.74) is 3.34. The number of hydrogen-bond donors (Lipinski definition) is 5. The largest absolute Gasteiger partial charge is 0.416 e. The molecule has 0 heterocycles. The van der Waals surface area contributed by atoms with Gasteiger partial charge in [-0.1, -0.05) is 60.2 Å². The van der Waals surface area contributed by atoms with E-state index in [1.807, 2.05) is 43.3 Å². The average molecular weight is 858 g/mol. The van der Waals surface area contributed by atoms with Crippen molar-refractivity contribution in [3.05, 3.63) is 203 Å². The monoisotopic (exact) mass is 857 g/mol. The van der Waals surface area contributed by atoms with Crippen molar-refractivity contribution in [3.8, 4) is 0 Å².